The summed E-state index contributed by atoms with van der Waals surface area (Å²) in [6, 6.07) is 22.3. The highest BCUT2D eigenvalue weighted by atomic mass is 16.5. The van der Waals surface area contributed by atoms with E-state index in [1.165, 1.54) is 51.7 Å². The van der Waals surface area contributed by atoms with Crippen LogP contribution in [0.2, 0.25) is 0 Å². The molecule has 4 aromatic carbocycles. The molecule has 0 saturated carbocycles. The van der Waals surface area contributed by atoms with Gasteiger partial charge in [-0.1, -0.05) is 42.5 Å². The van der Waals surface area contributed by atoms with Gasteiger partial charge in [0.2, 0.25) is 5.78 Å². The minimum Gasteiger partial charge on any atom is -0.507 e. The lowest BCUT2D eigenvalue weighted by Crippen LogP contribution is -2.04. The normalized spacial score (nSPS) is 10.0. The minimum absolute atomic E-state index is 0.113. The van der Waals surface area contributed by atoms with Crippen LogP contribution in [0.5, 0.6) is 34.5 Å². The van der Waals surface area contributed by atoms with Gasteiger partial charge in [-0.2, -0.15) is 0 Å². The molecule has 0 atom stereocenters. The fourth-order valence-corrected chi connectivity index (χ4v) is 3.46. The summed E-state index contributed by atoms with van der Waals surface area (Å²) in [4.78, 5) is 24.5. The van der Waals surface area contributed by atoms with Crippen LogP contribution in [0.25, 0.3) is 0 Å². The van der Waals surface area contributed by atoms with E-state index in [2.05, 4.69) is 0 Å². The highest BCUT2D eigenvalue weighted by Crippen LogP contribution is 2.35. The molecule has 0 heterocycles. The zero-order valence-corrected chi connectivity index (χ0v) is 20.5. The zero-order valence-electron chi connectivity index (χ0n) is 20.5. The molecule has 4 aromatic rings. The predicted octanol–water partition coefficient (Wildman–Crippen LogP) is 4.98. The number of ketones is 2. The van der Waals surface area contributed by atoms with Gasteiger partial charge in [0.15, 0.2) is 5.78 Å². The molecule has 190 valence electrons. The summed E-state index contributed by atoms with van der Waals surface area (Å²) < 4.78 is 15.1. The Bertz CT molecular complexity index is 1400. The van der Waals surface area contributed by atoms with E-state index in [0.29, 0.717) is 17.1 Å². The van der Waals surface area contributed by atoms with Crippen LogP contribution in [0.3, 0.4) is 0 Å². The SMILES string of the molecule is COc1cc(O)c(C(=O)c2ccccc2)c(OC)c1.COc1ccc(C(=O)c2ccccc2O)c(O)c1. The third-order valence-corrected chi connectivity index (χ3v) is 5.37. The highest BCUT2D eigenvalue weighted by Gasteiger charge is 2.20. The number of benzene rings is 4. The molecule has 3 N–H and O–H groups in total. The van der Waals surface area contributed by atoms with Crippen LogP contribution in [0.15, 0.2) is 84.9 Å². The largest absolute Gasteiger partial charge is 0.507 e. The Balaban J connectivity index is 0.000000206. The first-order valence-electron chi connectivity index (χ1n) is 11.0. The van der Waals surface area contributed by atoms with E-state index in [1.807, 2.05) is 6.07 Å². The number of hydrogen-bond donors (Lipinski definition) is 3. The molecule has 37 heavy (non-hydrogen) atoms. The average molecular weight is 503 g/mol. The number of aromatic hydroxyl groups is 3. The zero-order chi connectivity index (χ0) is 26.9. The Morgan fingerprint density at radius 3 is 1.76 bits per heavy atom. The summed E-state index contributed by atoms with van der Waals surface area (Å²) in [5.74, 6) is -0.0118. The van der Waals surface area contributed by atoms with Crippen LogP contribution in [0.1, 0.15) is 31.8 Å². The van der Waals surface area contributed by atoms with Crippen LogP contribution in [-0.4, -0.2) is 48.2 Å². The number of hydrogen-bond acceptors (Lipinski definition) is 8. The summed E-state index contributed by atoms with van der Waals surface area (Å²) in [7, 11) is 4.39. The van der Waals surface area contributed by atoms with E-state index in [1.54, 1.807) is 48.5 Å². The molecular formula is C29H26O8. The maximum absolute atomic E-state index is 12.4. The molecule has 0 fully saturated rings. The van der Waals surface area contributed by atoms with Gasteiger partial charge in [0.1, 0.15) is 40.1 Å². The molecule has 0 bridgehead atoms. The third kappa shape index (κ3) is 6.18. The summed E-state index contributed by atoms with van der Waals surface area (Å²) >= 11 is 0. The molecule has 0 aromatic heterocycles. The average Bonchev–Trinajstić information content (AvgIpc) is 2.92. The number of phenols is 3. The van der Waals surface area contributed by atoms with Crippen LogP contribution in [-0.2, 0) is 0 Å². The van der Waals surface area contributed by atoms with E-state index in [0.717, 1.165) is 0 Å². The molecule has 0 aliphatic heterocycles. The lowest BCUT2D eigenvalue weighted by molar-refractivity contribution is 0.102. The first-order valence-corrected chi connectivity index (χ1v) is 11.0. The second-order valence-corrected chi connectivity index (χ2v) is 7.65. The number of phenolic OH excluding ortho intramolecular Hbond substituents is 3. The Labute approximate surface area is 213 Å². The first kappa shape index (κ1) is 26.6. The Morgan fingerprint density at radius 1 is 0.568 bits per heavy atom. The molecule has 8 heteroatoms. The van der Waals surface area contributed by atoms with E-state index < -0.39 is 5.78 Å². The summed E-state index contributed by atoms with van der Waals surface area (Å²) in [5.41, 5.74) is 0.894. The molecule has 0 aliphatic rings. The quantitative estimate of drug-likeness (QED) is 0.303. The number of carbonyl (C=O) groups is 2. The lowest BCUT2D eigenvalue weighted by atomic mass is 10.0. The van der Waals surface area contributed by atoms with E-state index in [-0.39, 0.29) is 45.5 Å². The smallest absolute Gasteiger partial charge is 0.200 e. The second-order valence-electron chi connectivity index (χ2n) is 7.65. The van der Waals surface area contributed by atoms with Crippen molar-refractivity contribution in [3.63, 3.8) is 0 Å². The van der Waals surface area contributed by atoms with Crippen LogP contribution < -0.4 is 14.2 Å². The molecular weight excluding hydrogens is 476 g/mol. The van der Waals surface area contributed by atoms with Gasteiger partial charge in [-0.25, -0.2) is 0 Å². The van der Waals surface area contributed by atoms with E-state index in [4.69, 9.17) is 14.2 Å². The van der Waals surface area contributed by atoms with Crippen molar-refractivity contribution in [3.8, 4) is 34.5 Å². The highest BCUT2D eigenvalue weighted by molar-refractivity contribution is 6.13. The van der Waals surface area contributed by atoms with Crippen molar-refractivity contribution in [2.24, 2.45) is 0 Å². The Hall–Kier alpha value is -4.98. The molecule has 0 spiro atoms. The molecule has 0 unspecified atom stereocenters. The van der Waals surface area contributed by atoms with E-state index in [9.17, 15) is 24.9 Å². The van der Waals surface area contributed by atoms with Gasteiger partial charge in [0.05, 0.1) is 32.5 Å². The van der Waals surface area contributed by atoms with Crippen LogP contribution in [0.4, 0.5) is 0 Å². The summed E-state index contributed by atoms with van der Waals surface area (Å²) in [6.07, 6.45) is 0. The van der Waals surface area contributed by atoms with Gasteiger partial charge >= 0.3 is 0 Å². The van der Waals surface area contributed by atoms with Crippen molar-refractivity contribution in [1.82, 2.24) is 0 Å². The van der Waals surface area contributed by atoms with Crippen molar-refractivity contribution in [2.45, 2.75) is 0 Å². The number of rotatable bonds is 7. The Kier molecular flexibility index (Phi) is 8.72. The fourth-order valence-electron chi connectivity index (χ4n) is 3.46. The first-order chi connectivity index (χ1) is 17.8. The standard InChI is InChI=1S/C15H14O4.C14H12O4/c1-18-11-8-12(16)14(13(9-11)19-2)15(17)10-6-4-3-5-7-10;1-18-9-6-7-11(13(16)8-9)14(17)10-4-2-3-5-12(10)15/h3-9,16H,1-2H3;2-8,15-16H,1H3. The van der Waals surface area contributed by atoms with Gasteiger partial charge < -0.3 is 29.5 Å². The minimum atomic E-state index is -0.437. The van der Waals surface area contributed by atoms with Gasteiger partial charge in [0.25, 0.3) is 0 Å². The van der Waals surface area contributed by atoms with Crippen molar-refractivity contribution in [3.05, 3.63) is 107 Å². The van der Waals surface area contributed by atoms with Crippen molar-refractivity contribution < 1.29 is 39.1 Å². The maximum Gasteiger partial charge on any atom is 0.200 e. The van der Waals surface area contributed by atoms with Gasteiger partial charge in [-0.3, -0.25) is 9.59 Å². The molecule has 0 aliphatic carbocycles. The topological polar surface area (TPSA) is 123 Å². The van der Waals surface area contributed by atoms with Gasteiger partial charge in [-0.05, 0) is 24.3 Å². The number of para-hydroxylation sites is 1. The number of carbonyl (C=O) groups excluding carboxylic acids is 2. The van der Waals surface area contributed by atoms with Gasteiger partial charge in [0, 0.05) is 23.8 Å². The molecule has 0 amide bonds. The molecule has 0 radical (unpaired) electrons. The Morgan fingerprint density at radius 2 is 1.16 bits per heavy atom. The third-order valence-electron chi connectivity index (χ3n) is 5.37. The van der Waals surface area contributed by atoms with Crippen LogP contribution in [0, 0.1) is 0 Å². The van der Waals surface area contributed by atoms with Crippen molar-refractivity contribution >= 4 is 11.6 Å². The summed E-state index contributed by atoms with van der Waals surface area (Å²) in [6.45, 7) is 0. The number of methoxy groups -OCH3 is 3. The van der Waals surface area contributed by atoms with Crippen molar-refractivity contribution in [2.75, 3.05) is 21.3 Å². The molecule has 4 rings (SSSR count). The fraction of sp³-hybridized carbons (Fsp3) is 0.103. The van der Waals surface area contributed by atoms with Crippen molar-refractivity contribution in [1.29, 1.82) is 0 Å². The molecule has 0 saturated heterocycles. The summed E-state index contributed by atoms with van der Waals surface area (Å²) in [5, 5.41) is 29.4. The molecule has 8 nitrogen and oxygen atoms in total. The van der Waals surface area contributed by atoms with Gasteiger partial charge in [-0.15, -0.1) is 0 Å². The van der Waals surface area contributed by atoms with Crippen LogP contribution >= 0.6 is 0 Å². The monoisotopic (exact) mass is 502 g/mol. The lowest BCUT2D eigenvalue weighted by Gasteiger charge is -2.11. The maximum atomic E-state index is 12.4. The van der Waals surface area contributed by atoms with E-state index >= 15 is 0 Å². The number of ether oxygens (including phenoxy) is 3. The second kappa shape index (κ2) is 12.1. The predicted molar refractivity (Wildman–Crippen MR) is 137 cm³/mol.